The SMILES string of the molecule is Cc1nc(N)nc(NC(C)c2nc3ccn(C)c3cc2-c2cncc(C(N)=O)c2)c1C#N. The zero-order valence-corrected chi connectivity index (χ0v) is 17.8. The number of fused-ring (bicyclic) bond motifs is 1. The number of carbonyl (C=O) groups excluding carboxylic acids is 1. The molecule has 10 heteroatoms. The van der Waals surface area contributed by atoms with Gasteiger partial charge in [-0.05, 0) is 32.0 Å². The second-order valence-electron chi connectivity index (χ2n) is 7.45. The zero-order chi connectivity index (χ0) is 23.0. The number of anilines is 2. The van der Waals surface area contributed by atoms with E-state index in [-0.39, 0.29) is 12.0 Å². The molecule has 0 bridgehead atoms. The fourth-order valence-corrected chi connectivity index (χ4v) is 3.59. The molecule has 0 saturated heterocycles. The van der Waals surface area contributed by atoms with Crippen LogP contribution in [-0.2, 0) is 7.05 Å². The van der Waals surface area contributed by atoms with Crippen molar-refractivity contribution in [2.75, 3.05) is 11.1 Å². The lowest BCUT2D eigenvalue weighted by Crippen LogP contribution is -2.15. The van der Waals surface area contributed by atoms with E-state index in [1.165, 1.54) is 6.20 Å². The number of hydrogen-bond acceptors (Lipinski definition) is 8. The predicted octanol–water partition coefficient (Wildman–Crippen LogP) is 2.46. The highest BCUT2D eigenvalue weighted by molar-refractivity contribution is 5.94. The third-order valence-corrected chi connectivity index (χ3v) is 5.21. The molecule has 0 saturated carbocycles. The molecule has 0 aliphatic heterocycles. The number of nitrogens with two attached hydrogens (primary N) is 2. The van der Waals surface area contributed by atoms with Gasteiger partial charge in [-0.3, -0.25) is 9.78 Å². The molecule has 4 aromatic rings. The maximum Gasteiger partial charge on any atom is 0.250 e. The molecule has 4 aromatic heterocycles. The molecule has 5 N–H and O–H groups in total. The second-order valence-corrected chi connectivity index (χ2v) is 7.45. The minimum absolute atomic E-state index is 0.0706. The van der Waals surface area contributed by atoms with Gasteiger partial charge in [0.2, 0.25) is 11.9 Å². The van der Waals surface area contributed by atoms with Crippen molar-refractivity contribution in [1.29, 1.82) is 5.26 Å². The quantitative estimate of drug-likeness (QED) is 0.437. The van der Waals surface area contributed by atoms with E-state index in [2.05, 4.69) is 26.3 Å². The normalized spacial score (nSPS) is 11.8. The average Bonchev–Trinajstić information content (AvgIpc) is 3.12. The van der Waals surface area contributed by atoms with Crippen molar-refractivity contribution in [2.45, 2.75) is 19.9 Å². The molecule has 0 aliphatic rings. The molecule has 0 aliphatic carbocycles. The van der Waals surface area contributed by atoms with Gasteiger partial charge in [0.25, 0.3) is 0 Å². The van der Waals surface area contributed by atoms with Crippen LogP contribution in [0.25, 0.3) is 22.2 Å². The highest BCUT2D eigenvalue weighted by atomic mass is 16.1. The van der Waals surface area contributed by atoms with Crippen LogP contribution in [0.15, 0.2) is 36.8 Å². The van der Waals surface area contributed by atoms with Crippen molar-refractivity contribution < 1.29 is 4.79 Å². The molecule has 1 amide bonds. The summed E-state index contributed by atoms with van der Waals surface area (Å²) in [5.41, 5.74) is 16.2. The Morgan fingerprint density at radius 3 is 2.75 bits per heavy atom. The monoisotopic (exact) mass is 427 g/mol. The van der Waals surface area contributed by atoms with Crippen LogP contribution in [0.2, 0.25) is 0 Å². The molecule has 10 nitrogen and oxygen atoms in total. The summed E-state index contributed by atoms with van der Waals surface area (Å²) < 4.78 is 1.96. The lowest BCUT2D eigenvalue weighted by atomic mass is 9.99. The first kappa shape index (κ1) is 20.7. The van der Waals surface area contributed by atoms with Crippen molar-refractivity contribution >= 4 is 28.7 Å². The second kappa shape index (κ2) is 7.96. The number of nitrogens with one attached hydrogen (secondary N) is 1. The van der Waals surface area contributed by atoms with Gasteiger partial charge in [-0.15, -0.1) is 0 Å². The van der Waals surface area contributed by atoms with Crippen molar-refractivity contribution in [3.8, 4) is 17.2 Å². The van der Waals surface area contributed by atoms with E-state index in [9.17, 15) is 10.1 Å². The Balaban J connectivity index is 1.87. The summed E-state index contributed by atoms with van der Waals surface area (Å²) in [6.07, 6.45) is 5.00. The first-order chi connectivity index (χ1) is 15.3. The molecule has 0 radical (unpaired) electrons. The molecular weight excluding hydrogens is 406 g/mol. The van der Waals surface area contributed by atoms with E-state index < -0.39 is 5.91 Å². The molecule has 1 unspecified atom stereocenters. The van der Waals surface area contributed by atoms with E-state index in [1.54, 1.807) is 19.2 Å². The third-order valence-electron chi connectivity index (χ3n) is 5.21. The molecule has 0 spiro atoms. The number of nitrogens with zero attached hydrogens (tertiary/aromatic N) is 6. The highest BCUT2D eigenvalue weighted by Crippen LogP contribution is 2.32. The zero-order valence-electron chi connectivity index (χ0n) is 17.8. The van der Waals surface area contributed by atoms with Gasteiger partial charge in [-0.25, -0.2) is 9.97 Å². The summed E-state index contributed by atoms with van der Waals surface area (Å²) in [4.78, 5) is 29.0. The van der Waals surface area contributed by atoms with Gasteiger partial charge in [-0.2, -0.15) is 10.2 Å². The fraction of sp³-hybridized carbons (Fsp3) is 0.182. The number of nitriles is 1. The van der Waals surface area contributed by atoms with Crippen LogP contribution in [0.4, 0.5) is 11.8 Å². The van der Waals surface area contributed by atoms with E-state index >= 15 is 0 Å². The smallest absolute Gasteiger partial charge is 0.250 e. The number of nitrogen functional groups attached to an aromatic ring is 1. The molecule has 4 heterocycles. The van der Waals surface area contributed by atoms with E-state index in [0.717, 1.165) is 16.6 Å². The van der Waals surface area contributed by atoms with Crippen molar-refractivity contribution in [2.24, 2.45) is 12.8 Å². The average molecular weight is 427 g/mol. The number of amides is 1. The third kappa shape index (κ3) is 3.67. The Morgan fingerprint density at radius 2 is 2.03 bits per heavy atom. The molecule has 4 rings (SSSR count). The van der Waals surface area contributed by atoms with Gasteiger partial charge in [-0.1, -0.05) is 0 Å². The molecule has 1 atom stereocenters. The van der Waals surface area contributed by atoms with Gasteiger partial charge in [0.15, 0.2) is 0 Å². The minimum Gasteiger partial charge on any atom is -0.368 e. The number of hydrogen-bond donors (Lipinski definition) is 3. The van der Waals surface area contributed by atoms with Crippen molar-refractivity contribution in [1.82, 2.24) is 24.5 Å². The topological polar surface area (TPSA) is 161 Å². The number of pyridine rings is 2. The van der Waals surface area contributed by atoms with Crippen LogP contribution in [0.5, 0.6) is 0 Å². The maximum atomic E-state index is 11.7. The Labute approximate surface area is 183 Å². The van der Waals surface area contributed by atoms with E-state index in [1.807, 2.05) is 36.9 Å². The van der Waals surface area contributed by atoms with Crippen LogP contribution < -0.4 is 16.8 Å². The first-order valence-electron chi connectivity index (χ1n) is 9.80. The van der Waals surface area contributed by atoms with Crippen LogP contribution in [-0.4, -0.2) is 30.4 Å². The molecular formula is C22H21N9O. The van der Waals surface area contributed by atoms with Crippen LogP contribution >= 0.6 is 0 Å². The summed E-state index contributed by atoms with van der Waals surface area (Å²) in [6.45, 7) is 3.61. The van der Waals surface area contributed by atoms with E-state index in [0.29, 0.717) is 33.9 Å². The van der Waals surface area contributed by atoms with Crippen molar-refractivity contribution in [3.05, 3.63) is 59.3 Å². The summed E-state index contributed by atoms with van der Waals surface area (Å²) >= 11 is 0. The minimum atomic E-state index is -0.564. The van der Waals surface area contributed by atoms with Gasteiger partial charge in [0.1, 0.15) is 17.5 Å². The first-order valence-corrected chi connectivity index (χ1v) is 9.80. The molecule has 0 fully saturated rings. The molecule has 0 aromatic carbocycles. The van der Waals surface area contributed by atoms with Gasteiger partial charge in [0, 0.05) is 36.8 Å². The van der Waals surface area contributed by atoms with Crippen LogP contribution in [0.1, 0.15) is 40.3 Å². The standard InChI is InChI=1S/C22H21N9O/c1-11-16(8-23)21(30-22(25)28-11)27-12(2)19-15(7-18-17(29-19)4-5-31(18)3)13-6-14(20(24)32)10-26-9-13/h4-7,9-10,12H,1-3H3,(H2,24,32)(H3,25,27,28,30). The Hall–Kier alpha value is -4.52. The van der Waals surface area contributed by atoms with Crippen LogP contribution in [0, 0.1) is 18.3 Å². The predicted molar refractivity (Wildman–Crippen MR) is 120 cm³/mol. The van der Waals surface area contributed by atoms with Gasteiger partial charge < -0.3 is 21.4 Å². The lowest BCUT2D eigenvalue weighted by molar-refractivity contribution is 0.1000. The largest absolute Gasteiger partial charge is 0.368 e. The van der Waals surface area contributed by atoms with Gasteiger partial charge in [0.05, 0.1) is 34.0 Å². The van der Waals surface area contributed by atoms with Crippen molar-refractivity contribution in [3.63, 3.8) is 0 Å². The fourth-order valence-electron chi connectivity index (χ4n) is 3.59. The van der Waals surface area contributed by atoms with E-state index in [4.69, 9.17) is 16.5 Å². The Bertz CT molecular complexity index is 1400. The number of aromatic nitrogens is 5. The Morgan fingerprint density at radius 1 is 1.25 bits per heavy atom. The number of primary amides is 1. The summed E-state index contributed by atoms with van der Waals surface area (Å²) in [5, 5.41) is 12.8. The highest BCUT2D eigenvalue weighted by Gasteiger charge is 2.20. The number of carbonyl (C=O) groups is 1. The number of rotatable bonds is 5. The lowest BCUT2D eigenvalue weighted by Gasteiger charge is -2.19. The van der Waals surface area contributed by atoms with Crippen LogP contribution in [0.3, 0.4) is 0 Å². The summed E-state index contributed by atoms with van der Waals surface area (Å²) in [5.74, 6) is -0.165. The Kier molecular flexibility index (Phi) is 5.16. The maximum absolute atomic E-state index is 11.7. The molecule has 160 valence electrons. The summed E-state index contributed by atoms with van der Waals surface area (Å²) in [6, 6.07) is 7.34. The molecule has 32 heavy (non-hydrogen) atoms. The van der Waals surface area contributed by atoms with Gasteiger partial charge >= 0.3 is 0 Å². The summed E-state index contributed by atoms with van der Waals surface area (Å²) in [7, 11) is 1.93. The number of aryl methyl sites for hydroxylation is 2.